The van der Waals surface area contributed by atoms with Gasteiger partial charge in [-0.15, -0.1) is 0 Å². The Balaban J connectivity index is 1.42. The zero-order valence-corrected chi connectivity index (χ0v) is 17.0. The van der Waals surface area contributed by atoms with Crippen molar-refractivity contribution in [3.8, 4) is 0 Å². The van der Waals surface area contributed by atoms with Gasteiger partial charge >= 0.3 is 5.91 Å². The zero-order chi connectivity index (χ0) is 20.9. The van der Waals surface area contributed by atoms with Crippen LogP contribution in [0.15, 0.2) is 32.3 Å². The van der Waals surface area contributed by atoms with Gasteiger partial charge in [-0.25, -0.2) is 5.43 Å². The van der Waals surface area contributed by atoms with Crippen LogP contribution in [-0.2, 0) is 11.2 Å². The maximum Gasteiger partial charge on any atom is 0.307 e. The Kier molecular flexibility index (Phi) is 6.29. The Morgan fingerprint density at radius 1 is 1.20 bits per heavy atom. The summed E-state index contributed by atoms with van der Waals surface area (Å²) in [7, 11) is 0. The number of morpholine rings is 1. The fourth-order valence-corrected chi connectivity index (χ4v) is 3.81. The molecule has 0 bridgehead atoms. The Morgan fingerprint density at radius 3 is 2.80 bits per heavy atom. The summed E-state index contributed by atoms with van der Waals surface area (Å²) in [4.78, 5) is 27.0. The minimum absolute atomic E-state index is 0.194. The van der Waals surface area contributed by atoms with Crippen molar-refractivity contribution in [2.45, 2.75) is 26.2 Å². The first-order valence-corrected chi connectivity index (χ1v) is 10.2. The van der Waals surface area contributed by atoms with Crippen LogP contribution in [0.5, 0.6) is 0 Å². The Morgan fingerprint density at radius 2 is 2.03 bits per heavy atom. The molecule has 0 aromatic carbocycles. The van der Waals surface area contributed by atoms with Gasteiger partial charge in [-0.3, -0.25) is 14.5 Å². The minimum atomic E-state index is -0.415. The Hall–Kier alpha value is -2.91. The van der Waals surface area contributed by atoms with E-state index in [-0.39, 0.29) is 11.7 Å². The van der Waals surface area contributed by atoms with Gasteiger partial charge in [-0.1, -0.05) is 0 Å². The van der Waals surface area contributed by atoms with Crippen LogP contribution in [-0.4, -0.2) is 61.8 Å². The molecule has 0 unspecified atom stereocenters. The van der Waals surface area contributed by atoms with E-state index < -0.39 is 5.91 Å². The zero-order valence-electron chi connectivity index (χ0n) is 17.0. The molecule has 0 atom stereocenters. The van der Waals surface area contributed by atoms with Crippen LogP contribution in [0.2, 0.25) is 0 Å². The molecule has 1 aliphatic carbocycles. The number of furan rings is 2. The van der Waals surface area contributed by atoms with Crippen molar-refractivity contribution in [3.05, 3.63) is 46.8 Å². The summed E-state index contributed by atoms with van der Waals surface area (Å²) in [5, 5.41) is 7.23. The summed E-state index contributed by atoms with van der Waals surface area (Å²) in [5.74, 6) is 0.604. The van der Waals surface area contributed by atoms with Gasteiger partial charge < -0.3 is 18.9 Å². The van der Waals surface area contributed by atoms with Crippen molar-refractivity contribution in [2.24, 2.45) is 5.10 Å². The molecule has 2 aromatic rings. The molecule has 160 valence electrons. The predicted octanol–water partition coefficient (Wildman–Crippen LogP) is 1.71. The van der Waals surface area contributed by atoms with E-state index in [1.165, 1.54) is 6.26 Å². The van der Waals surface area contributed by atoms with Gasteiger partial charge in [0.25, 0.3) is 5.91 Å². The summed E-state index contributed by atoms with van der Waals surface area (Å²) in [6.45, 7) is 6.41. The molecule has 2 N–H and O–H groups in total. The average Bonchev–Trinajstić information content (AvgIpc) is 3.42. The predicted molar refractivity (Wildman–Crippen MR) is 109 cm³/mol. The van der Waals surface area contributed by atoms with Gasteiger partial charge in [-0.2, -0.15) is 5.10 Å². The minimum Gasteiger partial charge on any atom is -0.459 e. The fourth-order valence-electron chi connectivity index (χ4n) is 3.81. The lowest BCUT2D eigenvalue weighted by Gasteiger charge is -2.26. The lowest BCUT2D eigenvalue weighted by molar-refractivity contribution is 0.0382. The molecule has 9 nitrogen and oxygen atoms in total. The van der Waals surface area contributed by atoms with Gasteiger partial charge in [-0.05, 0) is 31.9 Å². The van der Waals surface area contributed by atoms with Crippen molar-refractivity contribution in [1.82, 2.24) is 15.6 Å². The maximum absolute atomic E-state index is 12.7. The number of hydrazone groups is 1. The highest BCUT2D eigenvalue weighted by atomic mass is 16.5. The first-order valence-electron chi connectivity index (χ1n) is 10.2. The summed E-state index contributed by atoms with van der Waals surface area (Å²) < 4.78 is 16.3. The molecule has 4 rings (SSSR count). The van der Waals surface area contributed by atoms with Crippen molar-refractivity contribution in [1.29, 1.82) is 0 Å². The van der Waals surface area contributed by atoms with E-state index in [2.05, 4.69) is 20.7 Å². The summed E-state index contributed by atoms with van der Waals surface area (Å²) in [6.07, 6.45) is 3.71. The lowest BCUT2D eigenvalue weighted by atomic mass is 9.93. The van der Waals surface area contributed by atoms with E-state index in [0.29, 0.717) is 24.4 Å². The van der Waals surface area contributed by atoms with Gasteiger partial charge in [0.2, 0.25) is 0 Å². The number of carbonyl (C=O) groups is 2. The van der Waals surface area contributed by atoms with Crippen LogP contribution in [0.3, 0.4) is 0 Å². The van der Waals surface area contributed by atoms with Crippen molar-refractivity contribution in [3.63, 3.8) is 0 Å². The third-order valence-electron chi connectivity index (χ3n) is 5.39. The molecule has 0 spiro atoms. The van der Waals surface area contributed by atoms with Crippen molar-refractivity contribution < 1.29 is 23.2 Å². The quantitative estimate of drug-likeness (QED) is 0.697. The van der Waals surface area contributed by atoms with Crippen LogP contribution in [0.25, 0.3) is 0 Å². The number of fused-ring (bicyclic) bond motifs is 1. The SMILES string of the molecule is Cc1c(C(=O)NCCN2CCOCC2)oc2c1/C(=N/NC(=O)c1ccco1)CCC2. The molecular weight excluding hydrogens is 388 g/mol. The Bertz CT molecular complexity index is 926. The number of amides is 2. The summed E-state index contributed by atoms with van der Waals surface area (Å²) >= 11 is 0. The normalized spacial score (nSPS) is 18.2. The molecule has 1 saturated heterocycles. The summed E-state index contributed by atoms with van der Waals surface area (Å²) in [5.41, 5.74) is 4.81. The largest absolute Gasteiger partial charge is 0.459 e. The fraction of sp³-hybridized carbons (Fsp3) is 0.476. The van der Waals surface area contributed by atoms with E-state index >= 15 is 0 Å². The smallest absolute Gasteiger partial charge is 0.307 e. The number of hydrogen-bond acceptors (Lipinski definition) is 7. The molecule has 9 heteroatoms. The molecular formula is C21H26N4O5. The van der Waals surface area contributed by atoms with Gasteiger partial charge in [0.1, 0.15) is 5.76 Å². The van der Waals surface area contributed by atoms with Gasteiger partial charge in [0.05, 0.1) is 25.2 Å². The molecule has 0 radical (unpaired) electrons. The third kappa shape index (κ3) is 4.47. The second-order valence-electron chi connectivity index (χ2n) is 7.39. The van der Waals surface area contributed by atoms with E-state index in [9.17, 15) is 9.59 Å². The van der Waals surface area contributed by atoms with Crippen LogP contribution < -0.4 is 10.7 Å². The number of ether oxygens (including phenoxy) is 1. The average molecular weight is 414 g/mol. The number of rotatable bonds is 6. The molecule has 2 aromatic heterocycles. The first-order chi connectivity index (χ1) is 14.6. The number of hydrogen-bond donors (Lipinski definition) is 2. The summed E-state index contributed by atoms with van der Waals surface area (Å²) in [6, 6.07) is 3.22. The highest BCUT2D eigenvalue weighted by molar-refractivity contribution is 6.07. The first kappa shape index (κ1) is 20.4. The standard InChI is InChI=1S/C21H26N4O5/c1-14-18-15(23-24-20(26)17-6-3-11-29-17)4-2-5-16(18)30-19(14)21(27)22-7-8-25-9-12-28-13-10-25/h3,6,11H,2,4-5,7-10,12-13H2,1H3,(H,22,27)(H,24,26)/b23-15+. The van der Waals surface area contributed by atoms with E-state index in [4.69, 9.17) is 13.6 Å². The second-order valence-corrected chi connectivity index (χ2v) is 7.39. The molecule has 1 fully saturated rings. The number of nitrogens with one attached hydrogen (secondary N) is 2. The maximum atomic E-state index is 12.7. The molecule has 0 saturated carbocycles. The number of aryl methyl sites for hydroxylation is 1. The van der Waals surface area contributed by atoms with Crippen LogP contribution in [0.4, 0.5) is 0 Å². The van der Waals surface area contributed by atoms with Crippen molar-refractivity contribution in [2.75, 3.05) is 39.4 Å². The third-order valence-corrected chi connectivity index (χ3v) is 5.39. The van der Waals surface area contributed by atoms with Crippen LogP contribution in [0.1, 0.15) is 50.8 Å². The van der Waals surface area contributed by atoms with Crippen LogP contribution >= 0.6 is 0 Å². The van der Waals surface area contributed by atoms with Gasteiger partial charge in [0.15, 0.2) is 11.5 Å². The topological polar surface area (TPSA) is 109 Å². The molecule has 2 amide bonds. The van der Waals surface area contributed by atoms with Crippen LogP contribution in [0, 0.1) is 6.92 Å². The van der Waals surface area contributed by atoms with E-state index in [0.717, 1.165) is 62.6 Å². The van der Waals surface area contributed by atoms with E-state index in [1.54, 1.807) is 12.1 Å². The molecule has 1 aliphatic heterocycles. The molecule has 2 aliphatic rings. The monoisotopic (exact) mass is 414 g/mol. The van der Waals surface area contributed by atoms with Gasteiger partial charge in [0, 0.05) is 43.7 Å². The number of nitrogens with zero attached hydrogens (tertiary/aromatic N) is 2. The lowest BCUT2D eigenvalue weighted by Crippen LogP contribution is -2.41. The highest BCUT2D eigenvalue weighted by Crippen LogP contribution is 2.29. The molecule has 30 heavy (non-hydrogen) atoms. The number of carbonyl (C=O) groups excluding carboxylic acids is 2. The van der Waals surface area contributed by atoms with Crippen molar-refractivity contribution >= 4 is 17.5 Å². The highest BCUT2D eigenvalue weighted by Gasteiger charge is 2.28. The second kappa shape index (κ2) is 9.27. The van der Waals surface area contributed by atoms with E-state index in [1.807, 2.05) is 6.92 Å². The molecule has 3 heterocycles. The Labute approximate surface area is 174 Å².